The molecule has 3 amide bonds. The predicted octanol–water partition coefficient (Wildman–Crippen LogP) is 0.956. The Labute approximate surface area is 171 Å². The average Bonchev–Trinajstić information content (AvgIpc) is 3.13. The van der Waals surface area contributed by atoms with E-state index in [2.05, 4.69) is 4.98 Å². The van der Waals surface area contributed by atoms with Gasteiger partial charge in [0, 0.05) is 76.7 Å². The highest BCUT2D eigenvalue weighted by atomic mass is 16.2. The van der Waals surface area contributed by atoms with Crippen molar-refractivity contribution in [1.82, 2.24) is 24.7 Å². The first-order valence-corrected chi connectivity index (χ1v) is 10.6. The first kappa shape index (κ1) is 19.8. The zero-order valence-electron chi connectivity index (χ0n) is 17.3. The van der Waals surface area contributed by atoms with Crippen LogP contribution >= 0.6 is 0 Å². The van der Waals surface area contributed by atoms with E-state index in [4.69, 9.17) is 4.98 Å². The number of carbonyl (C=O) groups is 3. The normalized spacial score (nSPS) is 24.6. The van der Waals surface area contributed by atoms with Crippen LogP contribution in [0.3, 0.4) is 0 Å². The topological polar surface area (TPSA) is 86.7 Å². The summed E-state index contributed by atoms with van der Waals surface area (Å²) < 4.78 is 0. The summed E-state index contributed by atoms with van der Waals surface area (Å²) >= 11 is 0. The third-order valence-electron chi connectivity index (χ3n) is 6.44. The molecule has 0 bridgehead atoms. The van der Waals surface area contributed by atoms with Gasteiger partial charge in [-0.05, 0) is 19.8 Å². The van der Waals surface area contributed by atoms with Gasteiger partial charge in [0.1, 0.15) is 5.82 Å². The Morgan fingerprint density at radius 2 is 2.03 bits per heavy atom. The molecule has 4 heterocycles. The van der Waals surface area contributed by atoms with Crippen LogP contribution in [0.5, 0.6) is 0 Å². The van der Waals surface area contributed by atoms with Crippen LogP contribution in [-0.2, 0) is 27.3 Å². The number of rotatable bonds is 3. The summed E-state index contributed by atoms with van der Waals surface area (Å²) in [6.45, 7) is 7.37. The van der Waals surface area contributed by atoms with Crippen molar-refractivity contribution < 1.29 is 14.4 Å². The van der Waals surface area contributed by atoms with Crippen molar-refractivity contribution in [2.75, 3.05) is 32.7 Å². The van der Waals surface area contributed by atoms with Crippen LogP contribution in [0.2, 0.25) is 0 Å². The summed E-state index contributed by atoms with van der Waals surface area (Å²) in [6, 6.07) is 0. The first-order valence-electron chi connectivity index (χ1n) is 10.6. The molecule has 2 fully saturated rings. The van der Waals surface area contributed by atoms with Gasteiger partial charge in [-0.1, -0.05) is 0 Å². The number of aromatic nitrogens is 2. The molecule has 29 heavy (non-hydrogen) atoms. The Morgan fingerprint density at radius 1 is 1.21 bits per heavy atom. The number of hydrogen-bond donors (Lipinski definition) is 0. The van der Waals surface area contributed by atoms with Crippen LogP contribution < -0.4 is 0 Å². The Balaban J connectivity index is 1.42. The molecule has 0 unspecified atom stereocenters. The van der Waals surface area contributed by atoms with Gasteiger partial charge in [0.2, 0.25) is 17.7 Å². The van der Waals surface area contributed by atoms with E-state index >= 15 is 0 Å². The third-order valence-corrected chi connectivity index (χ3v) is 6.44. The minimum Gasteiger partial charge on any atom is -0.342 e. The van der Waals surface area contributed by atoms with Crippen molar-refractivity contribution in [2.24, 2.45) is 5.92 Å². The highest BCUT2D eigenvalue weighted by Crippen LogP contribution is 2.27. The van der Waals surface area contributed by atoms with Gasteiger partial charge in [0.05, 0.1) is 11.6 Å². The Morgan fingerprint density at radius 3 is 2.76 bits per heavy atom. The number of likely N-dealkylation sites (tertiary alicyclic amines) is 2. The SMILES string of the molecule is CCN1C[C@@H](C(=O)N2CCc3nc([C@H]4CCCN(C(C)=O)C4)ncc3C2)CC1=O. The highest BCUT2D eigenvalue weighted by Gasteiger charge is 2.37. The second kappa shape index (κ2) is 8.08. The molecule has 156 valence electrons. The molecule has 3 aliphatic heterocycles. The second-order valence-corrected chi connectivity index (χ2v) is 8.35. The molecular weight excluding hydrogens is 370 g/mol. The molecule has 1 aromatic heterocycles. The molecule has 8 heteroatoms. The monoisotopic (exact) mass is 399 g/mol. The van der Waals surface area contributed by atoms with Crippen LogP contribution in [0, 0.1) is 5.92 Å². The Kier molecular flexibility index (Phi) is 5.52. The first-order chi connectivity index (χ1) is 14.0. The lowest BCUT2D eigenvalue weighted by molar-refractivity contribution is -0.136. The van der Waals surface area contributed by atoms with E-state index in [1.54, 1.807) is 11.8 Å². The number of fused-ring (bicyclic) bond motifs is 1. The predicted molar refractivity (Wildman–Crippen MR) is 106 cm³/mol. The van der Waals surface area contributed by atoms with Gasteiger partial charge in [-0.25, -0.2) is 9.97 Å². The molecule has 3 aliphatic rings. The molecule has 2 saturated heterocycles. The lowest BCUT2D eigenvalue weighted by Gasteiger charge is -2.33. The van der Waals surface area contributed by atoms with E-state index in [0.29, 0.717) is 45.6 Å². The smallest absolute Gasteiger partial charge is 0.228 e. The summed E-state index contributed by atoms with van der Waals surface area (Å²) in [7, 11) is 0. The van der Waals surface area contributed by atoms with Gasteiger partial charge in [-0.15, -0.1) is 0 Å². The number of piperidine rings is 1. The van der Waals surface area contributed by atoms with Gasteiger partial charge in [0.25, 0.3) is 0 Å². The van der Waals surface area contributed by atoms with Crippen LogP contribution in [0.1, 0.15) is 56.1 Å². The molecule has 0 aliphatic carbocycles. The van der Waals surface area contributed by atoms with Gasteiger partial charge in [-0.2, -0.15) is 0 Å². The molecule has 0 N–H and O–H groups in total. The molecule has 8 nitrogen and oxygen atoms in total. The van der Waals surface area contributed by atoms with Crippen LogP contribution in [0.4, 0.5) is 0 Å². The molecule has 0 spiro atoms. The summed E-state index contributed by atoms with van der Waals surface area (Å²) in [4.78, 5) is 51.4. The molecule has 0 saturated carbocycles. The van der Waals surface area contributed by atoms with E-state index in [-0.39, 0.29) is 29.6 Å². The van der Waals surface area contributed by atoms with Crippen LogP contribution in [0.15, 0.2) is 6.20 Å². The minimum atomic E-state index is -0.232. The largest absolute Gasteiger partial charge is 0.342 e. The Hall–Kier alpha value is -2.51. The van der Waals surface area contributed by atoms with Crippen molar-refractivity contribution in [2.45, 2.75) is 52.0 Å². The van der Waals surface area contributed by atoms with Crippen molar-refractivity contribution in [3.05, 3.63) is 23.3 Å². The lowest BCUT2D eigenvalue weighted by Crippen LogP contribution is -2.41. The van der Waals surface area contributed by atoms with E-state index in [0.717, 1.165) is 36.5 Å². The lowest BCUT2D eigenvalue weighted by atomic mass is 9.96. The quantitative estimate of drug-likeness (QED) is 0.756. The van der Waals surface area contributed by atoms with Crippen molar-refractivity contribution in [3.8, 4) is 0 Å². The van der Waals surface area contributed by atoms with E-state index in [1.165, 1.54) is 0 Å². The van der Waals surface area contributed by atoms with E-state index < -0.39 is 0 Å². The van der Waals surface area contributed by atoms with Gasteiger partial charge in [0.15, 0.2) is 0 Å². The molecular formula is C21H29N5O3. The molecule has 0 aromatic carbocycles. The summed E-state index contributed by atoms with van der Waals surface area (Å²) in [5.74, 6) is 1.01. The number of nitrogens with zero attached hydrogens (tertiary/aromatic N) is 5. The van der Waals surface area contributed by atoms with Crippen molar-refractivity contribution in [3.63, 3.8) is 0 Å². The Bertz CT molecular complexity index is 827. The fourth-order valence-electron chi connectivity index (χ4n) is 4.69. The summed E-state index contributed by atoms with van der Waals surface area (Å²) in [5.41, 5.74) is 2.00. The maximum atomic E-state index is 12.9. The number of amides is 3. The molecule has 0 radical (unpaired) electrons. The second-order valence-electron chi connectivity index (χ2n) is 8.35. The zero-order chi connectivity index (χ0) is 20.5. The zero-order valence-corrected chi connectivity index (χ0v) is 17.3. The molecule has 1 aromatic rings. The van der Waals surface area contributed by atoms with E-state index in [1.807, 2.05) is 22.9 Å². The number of hydrogen-bond acceptors (Lipinski definition) is 5. The van der Waals surface area contributed by atoms with Crippen molar-refractivity contribution in [1.29, 1.82) is 0 Å². The molecule has 4 rings (SSSR count). The number of carbonyl (C=O) groups excluding carboxylic acids is 3. The third kappa shape index (κ3) is 3.97. The molecule has 2 atom stereocenters. The standard InChI is InChI=1S/C21H29N5O3/c1-3-24-12-16(9-19(24)28)21(29)26-8-6-18-17(13-26)10-22-20(23-18)15-5-4-7-25(11-15)14(2)27/h10,15-16H,3-9,11-13H2,1-2H3/t15-,16-/m0/s1. The van der Waals surface area contributed by atoms with Gasteiger partial charge >= 0.3 is 0 Å². The van der Waals surface area contributed by atoms with Crippen LogP contribution in [0.25, 0.3) is 0 Å². The maximum absolute atomic E-state index is 12.9. The average molecular weight is 399 g/mol. The van der Waals surface area contributed by atoms with Gasteiger partial charge < -0.3 is 14.7 Å². The summed E-state index contributed by atoms with van der Waals surface area (Å²) in [5, 5.41) is 0. The highest BCUT2D eigenvalue weighted by molar-refractivity contribution is 5.89. The maximum Gasteiger partial charge on any atom is 0.228 e. The van der Waals surface area contributed by atoms with E-state index in [9.17, 15) is 14.4 Å². The fourth-order valence-corrected chi connectivity index (χ4v) is 4.69. The van der Waals surface area contributed by atoms with Gasteiger partial charge in [-0.3, -0.25) is 14.4 Å². The fraction of sp³-hybridized carbons (Fsp3) is 0.667. The van der Waals surface area contributed by atoms with Crippen LogP contribution in [-0.4, -0.2) is 75.1 Å². The van der Waals surface area contributed by atoms with Crippen molar-refractivity contribution >= 4 is 17.7 Å². The summed E-state index contributed by atoms with van der Waals surface area (Å²) in [6.07, 6.45) is 4.85. The minimum absolute atomic E-state index is 0.0633.